The van der Waals surface area contributed by atoms with Gasteiger partial charge in [-0.15, -0.1) is 0 Å². The molecular weight excluding hydrogens is 258 g/mol. The number of nitrogens with two attached hydrogens (primary N) is 1. The molecule has 1 atom stereocenters. The SMILES string of the molecule is CN(C)C1(C(N)Cc2ccc(F)c(F)c2)CCCCC1. The van der Waals surface area contributed by atoms with Crippen molar-refractivity contribution in [3.05, 3.63) is 35.4 Å². The molecule has 2 N–H and O–H groups in total. The summed E-state index contributed by atoms with van der Waals surface area (Å²) in [6.07, 6.45) is 6.35. The molecule has 0 amide bonds. The Morgan fingerprint density at radius 1 is 1.15 bits per heavy atom. The Hall–Kier alpha value is -1.00. The van der Waals surface area contributed by atoms with Crippen LogP contribution in [0.5, 0.6) is 0 Å². The minimum Gasteiger partial charge on any atom is -0.326 e. The Morgan fingerprint density at radius 3 is 2.35 bits per heavy atom. The molecule has 112 valence electrons. The van der Waals surface area contributed by atoms with Crippen molar-refractivity contribution in [2.24, 2.45) is 5.73 Å². The van der Waals surface area contributed by atoms with E-state index < -0.39 is 11.6 Å². The van der Waals surface area contributed by atoms with Crippen LogP contribution in [0.4, 0.5) is 8.78 Å². The van der Waals surface area contributed by atoms with Crippen molar-refractivity contribution < 1.29 is 8.78 Å². The van der Waals surface area contributed by atoms with Crippen molar-refractivity contribution in [1.29, 1.82) is 0 Å². The van der Waals surface area contributed by atoms with Crippen molar-refractivity contribution in [2.75, 3.05) is 14.1 Å². The summed E-state index contributed by atoms with van der Waals surface area (Å²) in [6, 6.07) is 4.01. The van der Waals surface area contributed by atoms with Crippen molar-refractivity contribution in [2.45, 2.75) is 50.1 Å². The molecule has 1 aromatic carbocycles. The molecule has 4 heteroatoms. The third-order valence-corrected chi connectivity index (χ3v) is 4.74. The molecule has 0 heterocycles. The van der Waals surface area contributed by atoms with Gasteiger partial charge in [0.05, 0.1) is 0 Å². The van der Waals surface area contributed by atoms with Crippen molar-refractivity contribution in [3.8, 4) is 0 Å². The molecule has 1 aromatic rings. The largest absolute Gasteiger partial charge is 0.326 e. The predicted molar refractivity (Wildman–Crippen MR) is 77.5 cm³/mol. The van der Waals surface area contributed by atoms with Crippen LogP contribution in [0.25, 0.3) is 0 Å². The van der Waals surface area contributed by atoms with Crippen LogP contribution in [-0.4, -0.2) is 30.6 Å². The van der Waals surface area contributed by atoms with Crippen molar-refractivity contribution in [3.63, 3.8) is 0 Å². The van der Waals surface area contributed by atoms with E-state index in [1.807, 2.05) is 0 Å². The summed E-state index contributed by atoms with van der Waals surface area (Å²) in [5, 5.41) is 0. The Morgan fingerprint density at radius 2 is 1.80 bits per heavy atom. The fraction of sp³-hybridized carbons (Fsp3) is 0.625. The first-order valence-electron chi connectivity index (χ1n) is 7.32. The van der Waals surface area contributed by atoms with Gasteiger partial charge in [0, 0.05) is 11.6 Å². The van der Waals surface area contributed by atoms with Gasteiger partial charge < -0.3 is 10.6 Å². The van der Waals surface area contributed by atoms with Gasteiger partial charge in [0.1, 0.15) is 0 Å². The van der Waals surface area contributed by atoms with E-state index in [1.54, 1.807) is 6.07 Å². The minimum absolute atomic E-state index is 0.0247. The van der Waals surface area contributed by atoms with Crippen LogP contribution in [0.15, 0.2) is 18.2 Å². The van der Waals surface area contributed by atoms with Gasteiger partial charge in [0.2, 0.25) is 0 Å². The average Bonchev–Trinajstić information content (AvgIpc) is 2.43. The van der Waals surface area contributed by atoms with Crippen LogP contribution in [-0.2, 0) is 6.42 Å². The standard InChI is InChI=1S/C16H24F2N2/c1-20(2)16(8-4-3-5-9-16)15(19)11-12-6-7-13(17)14(18)10-12/h6-7,10,15H,3-5,8-9,11,19H2,1-2H3. The average molecular weight is 282 g/mol. The summed E-state index contributed by atoms with van der Waals surface area (Å²) in [6.45, 7) is 0. The van der Waals surface area contributed by atoms with E-state index in [1.165, 1.54) is 31.4 Å². The zero-order chi connectivity index (χ0) is 14.8. The highest BCUT2D eigenvalue weighted by Gasteiger charge is 2.39. The van der Waals surface area contributed by atoms with E-state index in [0.717, 1.165) is 18.4 Å². The molecule has 1 fully saturated rings. The van der Waals surface area contributed by atoms with Gasteiger partial charge in [-0.25, -0.2) is 8.78 Å². The number of halogens is 2. The maximum atomic E-state index is 13.3. The van der Waals surface area contributed by atoms with Crippen LogP contribution in [0.2, 0.25) is 0 Å². The number of nitrogens with zero attached hydrogens (tertiary/aromatic N) is 1. The number of benzene rings is 1. The number of hydrogen-bond donors (Lipinski definition) is 1. The minimum atomic E-state index is -0.803. The molecular formula is C16H24F2N2. The van der Waals surface area contributed by atoms with Crippen LogP contribution in [0, 0.1) is 11.6 Å². The molecule has 0 radical (unpaired) electrons. The second kappa shape index (κ2) is 6.19. The first kappa shape index (κ1) is 15.4. The predicted octanol–water partition coefficient (Wildman–Crippen LogP) is 3.10. The summed E-state index contributed by atoms with van der Waals surface area (Å²) < 4.78 is 26.3. The van der Waals surface area contributed by atoms with Gasteiger partial charge in [-0.2, -0.15) is 0 Å². The molecule has 1 unspecified atom stereocenters. The zero-order valence-electron chi connectivity index (χ0n) is 12.3. The first-order valence-corrected chi connectivity index (χ1v) is 7.32. The monoisotopic (exact) mass is 282 g/mol. The molecule has 20 heavy (non-hydrogen) atoms. The second-order valence-electron chi connectivity index (χ2n) is 6.12. The molecule has 0 bridgehead atoms. The third kappa shape index (κ3) is 3.01. The topological polar surface area (TPSA) is 29.3 Å². The molecule has 1 saturated carbocycles. The van der Waals surface area contributed by atoms with Crippen LogP contribution >= 0.6 is 0 Å². The Labute approximate surface area is 120 Å². The Kier molecular flexibility index (Phi) is 4.76. The summed E-state index contributed by atoms with van der Waals surface area (Å²) in [7, 11) is 4.13. The lowest BCUT2D eigenvalue weighted by atomic mass is 9.74. The lowest BCUT2D eigenvalue weighted by molar-refractivity contribution is 0.0715. The van der Waals surface area contributed by atoms with Crippen molar-refractivity contribution >= 4 is 0 Å². The maximum Gasteiger partial charge on any atom is 0.159 e. The molecule has 0 aliphatic heterocycles. The van der Waals surface area contributed by atoms with Crippen LogP contribution in [0.3, 0.4) is 0 Å². The number of likely N-dealkylation sites (N-methyl/N-ethyl adjacent to an activating group) is 1. The Balaban J connectivity index is 2.15. The van der Waals surface area contributed by atoms with E-state index in [9.17, 15) is 8.78 Å². The molecule has 2 nitrogen and oxygen atoms in total. The quantitative estimate of drug-likeness (QED) is 0.919. The lowest BCUT2D eigenvalue weighted by Gasteiger charge is -2.47. The third-order valence-electron chi connectivity index (χ3n) is 4.74. The van der Waals surface area contributed by atoms with Gasteiger partial charge in [0.25, 0.3) is 0 Å². The van der Waals surface area contributed by atoms with Gasteiger partial charge in [0.15, 0.2) is 11.6 Å². The van der Waals surface area contributed by atoms with E-state index in [0.29, 0.717) is 6.42 Å². The lowest BCUT2D eigenvalue weighted by Crippen LogP contribution is -2.59. The summed E-state index contributed by atoms with van der Waals surface area (Å²) in [5.41, 5.74) is 7.19. The maximum absolute atomic E-state index is 13.3. The molecule has 0 saturated heterocycles. The molecule has 1 aliphatic carbocycles. The first-order chi connectivity index (χ1) is 9.45. The van der Waals surface area contributed by atoms with Gasteiger partial charge in [-0.1, -0.05) is 25.3 Å². The Bertz CT molecular complexity index is 454. The molecule has 2 rings (SSSR count). The molecule has 0 aromatic heterocycles. The van der Waals surface area contributed by atoms with Crippen molar-refractivity contribution in [1.82, 2.24) is 4.90 Å². The van der Waals surface area contributed by atoms with Crippen LogP contribution in [0.1, 0.15) is 37.7 Å². The summed E-state index contributed by atoms with van der Waals surface area (Å²) >= 11 is 0. The number of hydrogen-bond acceptors (Lipinski definition) is 2. The van der Waals surface area contributed by atoms with Gasteiger partial charge in [-0.3, -0.25) is 0 Å². The smallest absolute Gasteiger partial charge is 0.159 e. The van der Waals surface area contributed by atoms with E-state index in [2.05, 4.69) is 19.0 Å². The summed E-state index contributed by atoms with van der Waals surface area (Å²) in [5.74, 6) is -1.60. The van der Waals surface area contributed by atoms with Gasteiger partial charge in [-0.05, 0) is 51.1 Å². The normalized spacial score (nSPS) is 20.1. The van der Waals surface area contributed by atoms with E-state index >= 15 is 0 Å². The second-order valence-corrected chi connectivity index (χ2v) is 6.12. The molecule has 1 aliphatic rings. The number of rotatable bonds is 4. The fourth-order valence-corrected chi connectivity index (χ4v) is 3.42. The van der Waals surface area contributed by atoms with E-state index in [-0.39, 0.29) is 11.6 Å². The highest BCUT2D eigenvalue weighted by atomic mass is 19.2. The molecule has 0 spiro atoms. The highest BCUT2D eigenvalue weighted by molar-refractivity contribution is 5.20. The highest BCUT2D eigenvalue weighted by Crippen LogP contribution is 2.35. The van der Waals surface area contributed by atoms with Crippen LogP contribution < -0.4 is 5.73 Å². The fourth-order valence-electron chi connectivity index (χ4n) is 3.42. The summed E-state index contributed by atoms with van der Waals surface area (Å²) in [4.78, 5) is 2.22. The zero-order valence-corrected chi connectivity index (χ0v) is 12.3. The van der Waals surface area contributed by atoms with E-state index in [4.69, 9.17) is 5.73 Å². The van der Waals surface area contributed by atoms with Gasteiger partial charge >= 0.3 is 0 Å².